The number of nitrogens with zero attached hydrogens (tertiary/aromatic N) is 1. The summed E-state index contributed by atoms with van der Waals surface area (Å²) in [6.45, 7) is 13.1. The first kappa shape index (κ1) is 22.9. The molecule has 2 heterocycles. The lowest BCUT2D eigenvalue weighted by Crippen LogP contribution is -2.59. The highest BCUT2D eigenvalue weighted by Crippen LogP contribution is 2.21. The van der Waals surface area contributed by atoms with E-state index in [1.165, 1.54) is 0 Å². The third-order valence-corrected chi connectivity index (χ3v) is 4.64. The lowest BCUT2D eigenvalue weighted by Gasteiger charge is -2.45. The van der Waals surface area contributed by atoms with Crippen molar-refractivity contribution in [3.63, 3.8) is 0 Å². The fourth-order valence-electron chi connectivity index (χ4n) is 3.31. The summed E-state index contributed by atoms with van der Waals surface area (Å²) in [5.41, 5.74) is -0.0376. The van der Waals surface area contributed by atoms with Crippen molar-refractivity contribution in [1.29, 1.82) is 0 Å². The van der Waals surface area contributed by atoms with E-state index in [-0.39, 0.29) is 54.4 Å². The average molecular weight is 370 g/mol. The molecule has 2 fully saturated rings. The fraction of sp³-hybridized carbons (Fsp3) is 0.938. The van der Waals surface area contributed by atoms with E-state index in [9.17, 15) is 4.79 Å². The van der Waals surface area contributed by atoms with Gasteiger partial charge >= 0.3 is 0 Å². The first-order valence-electron chi connectivity index (χ1n) is 8.27. The molecule has 2 rings (SSSR count). The van der Waals surface area contributed by atoms with Gasteiger partial charge in [-0.15, -0.1) is 24.8 Å². The van der Waals surface area contributed by atoms with E-state index in [0.717, 1.165) is 39.0 Å². The maximum absolute atomic E-state index is 12.3. The van der Waals surface area contributed by atoms with Crippen LogP contribution < -0.4 is 10.6 Å². The average Bonchev–Trinajstić information content (AvgIpc) is 2.45. The molecule has 0 bridgehead atoms. The molecule has 1 amide bonds. The van der Waals surface area contributed by atoms with Crippen LogP contribution in [-0.4, -0.2) is 61.3 Å². The van der Waals surface area contributed by atoms with E-state index < -0.39 is 0 Å². The van der Waals surface area contributed by atoms with Gasteiger partial charge in [0.15, 0.2) is 0 Å². The number of hydrogen-bond acceptors (Lipinski definition) is 4. The van der Waals surface area contributed by atoms with Crippen molar-refractivity contribution in [2.75, 3.05) is 32.7 Å². The van der Waals surface area contributed by atoms with E-state index in [1.54, 1.807) is 0 Å². The summed E-state index contributed by atoms with van der Waals surface area (Å²) in [6, 6.07) is 0. The van der Waals surface area contributed by atoms with Crippen molar-refractivity contribution in [3.8, 4) is 0 Å². The Morgan fingerprint density at radius 3 is 2.39 bits per heavy atom. The number of ether oxygens (including phenoxy) is 1. The number of halogens is 2. The zero-order valence-electron chi connectivity index (χ0n) is 14.8. The minimum atomic E-state index is -0.0376. The quantitative estimate of drug-likeness (QED) is 0.793. The molecule has 0 aliphatic carbocycles. The van der Waals surface area contributed by atoms with E-state index in [0.29, 0.717) is 6.54 Å². The van der Waals surface area contributed by atoms with Gasteiger partial charge in [0.05, 0.1) is 18.1 Å². The Morgan fingerprint density at radius 2 is 1.87 bits per heavy atom. The Hall–Kier alpha value is -0.0700. The summed E-state index contributed by atoms with van der Waals surface area (Å²) in [6.07, 6.45) is 2.61. The first-order valence-corrected chi connectivity index (χ1v) is 8.27. The molecule has 3 unspecified atom stereocenters. The van der Waals surface area contributed by atoms with Gasteiger partial charge in [0.2, 0.25) is 5.91 Å². The van der Waals surface area contributed by atoms with Crippen molar-refractivity contribution in [1.82, 2.24) is 15.5 Å². The van der Waals surface area contributed by atoms with Crippen LogP contribution >= 0.6 is 24.8 Å². The van der Waals surface area contributed by atoms with E-state index >= 15 is 0 Å². The Balaban J connectivity index is 0.00000242. The van der Waals surface area contributed by atoms with Crippen LogP contribution in [0.4, 0.5) is 0 Å². The number of carbonyl (C=O) groups is 1. The lowest BCUT2D eigenvalue weighted by molar-refractivity contribution is -0.127. The van der Waals surface area contributed by atoms with E-state index in [4.69, 9.17) is 4.74 Å². The van der Waals surface area contributed by atoms with Gasteiger partial charge in [0.25, 0.3) is 0 Å². The third-order valence-electron chi connectivity index (χ3n) is 4.64. The highest BCUT2D eigenvalue weighted by atomic mass is 35.5. The second-order valence-electron chi connectivity index (χ2n) is 7.24. The summed E-state index contributed by atoms with van der Waals surface area (Å²) >= 11 is 0. The number of amides is 1. The molecular formula is C16H33Cl2N3O2. The number of carbonyl (C=O) groups excluding carboxylic acids is 1. The predicted molar refractivity (Wildman–Crippen MR) is 98.8 cm³/mol. The topological polar surface area (TPSA) is 53.6 Å². The first-order chi connectivity index (χ1) is 9.88. The summed E-state index contributed by atoms with van der Waals surface area (Å²) in [7, 11) is 0. The fourth-order valence-corrected chi connectivity index (χ4v) is 3.31. The molecule has 0 aromatic heterocycles. The molecule has 23 heavy (non-hydrogen) atoms. The normalized spacial score (nSPS) is 29.1. The van der Waals surface area contributed by atoms with Crippen molar-refractivity contribution in [3.05, 3.63) is 0 Å². The van der Waals surface area contributed by atoms with Crippen LogP contribution in [0.1, 0.15) is 40.5 Å². The van der Waals surface area contributed by atoms with Crippen LogP contribution in [0.3, 0.4) is 0 Å². The lowest BCUT2D eigenvalue weighted by atomic mass is 9.97. The standard InChI is InChI=1S/C16H31N3O2.2ClH/c1-12-9-19(10-13(2)21-12)16(3,4)11-18-15(20)14-6-5-7-17-8-14;;/h12-14,17H,5-11H2,1-4H3,(H,18,20);2*1H. The van der Waals surface area contributed by atoms with Crippen molar-refractivity contribution < 1.29 is 9.53 Å². The zero-order chi connectivity index (χ0) is 15.5. The molecule has 2 saturated heterocycles. The van der Waals surface area contributed by atoms with E-state index in [1.807, 2.05) is 0 Å². The second-order valence-corrected chi connectivity index (χ2v) is 7.24. The second kappa shape index (κ2) is 10.0. The molecule has 0 aromatic carbocycles. The predicted octanol–water partition coefficient (Wildman–Crippen LogP) is 1.83. The molecule has 2 aliphatic heterocycles. The van der Waals surface area contributed by atoms with Gasteiger partial charge in [-0.1, -0.05) is 0 Å². The van der Waals surface area contributed by atoms with Crippen LogP contribution in [0.25, 0.3) is 0 Å². The maximum atomic E-state index is 12.3. The largest absolute Gasteiger partial charge is 0.373 e. The SMILES string of the molecule is CC1CN(C(C)(C)CNC(=O)C2CCCNC2)CC(C)O1.Cl.Cl. The molecular weight excluding hydrogens is 337 g/mol. The van der Waals surface area contributed by atoms with Gasteiger partial charge < -0.3 is 15.4 Å². The Kier molecular flexibility index (Phi) is 10.0. The molecule has 0 saturated carbocycles. The molecule has 0 spiro atoms. The summed E-state index contributed by atoms with van der Waals surface area (Å²) in [5, 5.41) is 6.46. The van der Waals surface area contributed by atoms with Gasteiger partial charge in [0.1, 0.15) is 0 Å². The van der Waals surface area contributed by atoms with Crippen LogP contribution in [0.2, 0.25) is 0 Å². The Bertz CT molecular complexity index is 353. The summed E-state index contributed by atoms with van der Waals surface area (Å²) in [5.74, 6) is 0.335. The van der Waals surface area contributed by atoms with Gasteiger partial charge in [0, 0.05) is 31.7 Å². The number of piperidine rings is 1. The smallest absolute Gasteiger partial charge is 0.224 e. The highest BCUT2D eigenvalue weighted by Gasteiger charge is 2.34. The van der Waals surface area contributed by atoms with Gasteiger partial charge in [-0.05, 0) is 47.1 Å². The van der Waals surface area contributed by atoms with Gasteiger partial charge in [-0.2, -0.15) is 0 Å². The highest BCUT2D eigenvalue weighted by molar-refractivity contribution is 5.85. The zero-order valence-corrected chi connectivity index (χ0v) is 16.4. The van der Waals surface area contributed by atoms with Crippen LogP contribution in [0.15, 0.2) is 0 Å². The minimum Gasteiger partial charge on any atom is -0.373 e. The van der Waals surface area contributed by atoms with Crippen LogP contribution in [-0.2, 0) is 9.53 Å². The third kappa shape index (κ3) is 6.75. The maximum Gasteiger partial charge on any atom is 0.224 e. The van der Waals surface area contributed by atoms with E-state index in [2.05, 4.69) is 43.2 Å². The summed E-state index contributed by atoms with van der Waals surface area (Å²) < 4.78 is 5.80. The molecule has 3 atom stereocenters. The summed E-state index contributed by atoms with van der Waals surface area (Å²) in [4.78, 5) is 14.7. The molecule has 7 heteroatoms. The Morgan fingerprint density at radius 1 is 1.26 bits per heavy atom. The number of hydrogen-bond donors (Lipinski definition) is 2. The minimum absolute atomic E-state index is 0. The molecule has 0 aromatic rings. The molecule has 0 radical (unpaired) electrons. The van der Waals surface area contributed by atoms with Crippen molar-refractivity contribution in [2.24, 2.45) is 5.92 Å². The van der Waals surface area contributed by atoms with Crippen LogP contribution in [0.5, 0.6) is 0 Å². The molecule has 2 aliphatic rings. The van der Waals surface area contributed by atoms with Gasteiger partial charge in [-0.25, -0.2) is 0 Å². The van der Waals surface area contributed by atoms with Crippen LogP contribution in [0, 0.1) is 5.92 Å². The molecule has 2 N–H and O–H groups in total. The molecule has 138 valence electrons. The molecule has 5 nitrogen and oxygen atoms in total. The van der Waals surface area contributed by atoms with Gasteiger partial charge in [-0.3, -0.25) is 9.69 Å². The van der Waals surface area contributed by atoms with Crippen molar-refractivity contribution >= 4 is 30.7 Å². The Labute approximate surface area is 153 Å². The monoisotopic (exact) mass is 369 g/mol. The number of nitrogens with one attached hydrogen (secondary N) is 2. The number of morpholine rings is 1. The number of rotatable bonds is 4. The van der Waals surface area contributed by atoms with Crippen molar-refractivity contribution in [2.45, 2.75) is 58.3 Å².